The molecular formula is C7H13N. The van der Waals surface area contributed by atoms with Gasteiger partial charge in [0.2, 0.25) is 0 Å². The lowest BCUT2D eigenvalue weighted by molar-refractivity contribution is 0.695. The summed E-state index contributed by atoms with van der Waals surface area (Å²) < 4.78 is 0. The molecule has 8 heavy (non-hydrogen) atoms. The molecule has 1 heteroatoms. The van der Waals surface area contributed by atoms with Crippen LogP contribution in [0.2, 0.25) is 0 Å². The van der Waals surface area contributed by atoms with Crippen LogP contribution >= 0.6 is 0 Å². The van der Waals surface area contributed by atoms with E-state index in [4.69, 9.17) is 5.73 Å². The first-order chi connectivity index (χ1) is 3.72. The third-order valence-electron chi connectivity index (χ3n) is 1.37. The third-order valence-corrected chi connectivity index (χ3v) is 1.37. The zero-order chi connectivity index (χ0) is 6.57. The molecule has 0 fully saturated rings. The van der Waals surface area contributed by atoms with Gasteiger partial charge in [-0.05, 0) is 25.0 Å². The van der Waals surface area contributed by atoms with E-state index < -0.39 is 0 Å². The summed E-state index contributed by atoms with van der Waals surface area (Å²) in [5.41, 5.74) is 9.31. The molecule has 1 nitrogen and oxygen atoms in total. The zero-order valence-electron chi connectivity index (χ0n) is 5.57. The standard InChI is InChI=1S/C7H13N/c1-4-6(2)7(3)5-8/h7H,1,5,8H2,2-3H3. The van der Waals surface area contributed by atoms with E-state index in [-0.39, 0.29) is 0 Å². The second-order valence-electron chi connectivity index (χ2n) is 2.00. The van der Waals surface area contributed by atoms with Crippen molar-refractivity contribution < 1.29 is 0 Å². The van der Waals surface area contributed by atoms with E-state index in [0.29, 0.717) is 12.5 Å². The Morgan fingerprint density at radius 2 is 2.38 bits per heavy atom. The highest BCUT2D eigenvalue weighted by atomic mass is 14.5. The van der Waals surface area contributed by atoms with E-state index in [2.05, 4.69) is 19.2 Å². The topological polar surface area (TPSA) is 26.0 Å². The van der Waals surface area contributed by atoms with Crippen LogP contribution < -0.4 is 5.73 Å². The van der Waals surface area contributed by atoms with Gasteiger partial charge in [-0.2, -0.15) is 0 Å². The number of nitrogens with two attached hydrogens (primary N) is 1. The molecule has 0 saturated heterocycles. The Morgan fingerprint density at radius 3 is 2.50 bits per heavy atom. The van der Waals surface area contributed by atoms with E-state index >= 15 is 0 Å². The molecule has 0 heterocycles. The summed E-state index contributed by atoms with van der Waals surface area (Å²) in [6.45, 7) is 8.25. The van der Waals surface area contributed by atoms with Gasteiger partial charge in [0, 0.05) is 0 Å². The molecule has 0 amide bonds. The molecule has 0 aromatic heterocycles. The molecule has 2 N–H and O–H groups in total. The minimum atomic E-state index is 0.437. The Kier molecular flexibility index (Phi) is 3.25. The minimum Gasteiger partial charge on any atom is -0.330 e. The number of rotatable bonds is 2. The first-order valence-corrected chi connectivity index (χ1v) is 2.79. The molecule has 0 aromatic rings. The van der Waals surface area contributed by atoms with Crippen LogP contribution in [0.5, 0.6) is 0 Å². The molecule has 0 saturated carbocycles. The van der Waals surface area contributed by atoms with Gasteiger partial charge >= 0.3 is 0 Å². The highest BCUT2D eigenvalue weighted by Crippen LogP contribution is 2.03. The van der Waals surface area contributed by atoms with E-state index in [9.17, 15) is 0 Å². The van der Waals surface area contributed by atoms with E-state index in [1.54, 1.807) is 0 Å². The average Bonchev–Trinajstić information content (AvgIpc) is 1.84. The molecule has 0 aliphatic rings. The van der Waals surface area contributed by atoms with Gasteiger partial charge in [0.05, 0.1) is 0 Å². The Morgan fingerprint density at radius 1 is 1.88 bits per heavy atom. The van der Waals surface area contributed by atoms with Crippen LogP contribution in [0.25, 0.3) is 0 Å². The second kappa shape index (κ2) is 3.48. The summed E-state index contributed by atoms with van der Waals surface area (Å²) in [4.78, 5) is 0. The summed E-state index contributed by atoms with van der Waals surface area (Å²) in [5.74, 6) is 0.437. The lowest BCUT2D eigenvalue weighted by Crippen LogP contribution is -2.10. The lowest BCUT2D eigenvalue weighted by Gasteiger charge is -2.03. The van der Waals surface area contributed by atoms with Crippen LogP contribution in [0.1, 0.15) is 13.8 Å². The second-order valence-corrected chi connectivity index (χ2v) is 2.00. The Bertz CT molecular complexity index is 110. The van der Waals surface area contributed by atoms with Crippen molar-refractivity contribution in [2.24, 2.45) is 11.7 Å². The van der Waals surface area contributed by atoms with Crippen LogP contribution in [0, 0.1) is 5.92 Å². The number of hydrogen-bond acceptors (Lipinski definition) is 1. The monoisotopic (exact) mass is 111 g/mol. The van der Waals surface area contributed by atoms with Crippen molar-refractivity contribution in [1.29, 1.82) is 0 Å². The maximum absolute atomic E-state index is 5.36. The van der Waals surface area contributed by atoms with Gasteiger partial charge in [0.15, 0.2) is 0 Å². The fourth-order valence-electron chi connectivity index (χ4n) is 0.351. The van der Waals surface area contributed by atoms with Crippen molar-refractivity contribution in [1.82, 2.24) is 0 Å². The van der Waals surface area contributed by atoms with Gasteiger partial charge in [-0.25, -0.2) is 0 Å². The smallest absolute Gasteiger partial charge is 0.000812 e. The minimum absolute atomic E-state index is 0.437. The molecule has 0 radical (unpaired) electrons. The van der Waals surface area contributed by atoms with Crippen LogP contribution in [0.3, 0.4) is 0 Å². The van der Waals surface area contributed by atoms with Crippen LogP contribution in [0.4, 0.5) is 0 Å². The van der Waals surface area contributed by atoms with Gasteiger partial charge in [0.1, 0.15) is 0 Å². The zero-order valence-corrected chi connectivity index (χ0v) is 5.57. The van der Waals surface area contributed by atoms with Crippen molar-refractivity contribution in [3.63, 3.8) is 0 Å². The van der Waals surface area contributed by atoms with Gasteiger partial charge in [-0.1, -0.05) is 13.5 Å². The molecule has 0 spiro atoms. The summed E-state index contributed by atoms with van der Waals surface area (Å²) >= 11 is 0. The molecule has 46 valence electrons. The predicted octanol–water partition coefficient (Wildman–Crippen LogP) is 1.31. The quantitative estimate of drug-likeness (QED) is 0.534. The predicted molar refractivity (Wildman–Crippen MR) is 36.5 cm³/mol. The van der Waals surface area contributed by atoms with Crippen molar-refractivity contribution >= 4 is 0 Å². The van der Waals surface area contributed by atoms with Gasteiger partial charge < -0.3 is 5.73 Å². The molecule has 1 unspecified atom stereocenters. The average molecular weight is 111 g/mol. The SMILES string of the molecule is C=C=C(C)C(C)CN. The third kappa shape index (κ3) is 1.97. The first kappa shape index (κ1) is 7.48. The normalized spacial score (nSPS) is 12.4. The van der Waals surface area contributed by atoms with Gasteiger partial charge in [0.25, 0.3) is 0 Å². The summed E-state index contributed by atoms with van der Waals surface area (Å²) in [7, 11) is 0. The maximum Gasteiger partial charge on any atom is -0.000812 e. The molecule has 0 aliphatic heterocycles. The Balaban J connectivity index is 3.82. The lowest BCUT2D eigenvalue weighted by atomic mass is 10.1. The van der Waals surface area contributed by atoms with Crippen molar-refractivity contribution in [3.05, 3.63) is 17.9 Å². The van der Waals surface area contributed by atoms with Crippen LogP contribution in [-0.4, -0.2) is 6.54 Å². The highest BCUT2D eigenvalue weighted by Gasteiger charge is 1.97. The molecule has 0 aliphatic carbocycles. The van der Waals surface area contributed by atoms with Crippen molar-refractivity contribution in [2.75, 3.05) is 6.54 Å². The van der Waals surface area contributed by atoms with Crippen LogP contribution in [0.15, 0.2) is 17.9 Å². The molecule has 1 atom stereocenters. The van der Waals surface area contributed by atoms with Gasteiger partial charge in [-0.3, -0.25) is 0 Å². The fourth-order valence-corrected chi connectivity index (χ4v) is 0.351. The highest BCUT2D eigenvalue weighted by molar-refractivity contribution is 4.98. The molecular weight excluding hydrogens is 98.1 g/mol. The Hall–Kier alpha value is -0.520. The van der Waals surface area contributed by atoms with Crippen molar-refractivity contribution in [2.45, 2.75) is 13.8 Å². The van der Waals surface area contributed by atoms with Crippen LogP contribution in [-0.2, 0) is 0 Å². The largest absolute Gasteiger partial charge is 0.330 e. The van der Waals surface area contributed by atoms with Crippen molar-refractivity contribution in [3.8, 4) is 0 Å². The maximum atomic E-state index is 5.36. The van der Waals surface area contributed by atoms with E-state index in [0.717, 1.165) is 5.57 Å². The first-order valence-electron chi connectivity index (χ1n) is 2.79. The molecule has 0 rings (SSSR count). The Labute approximate surface area is 50.9 Å². The van der Waals surface area contributed by atoms with E-state index in [1.807, 2.05) is 6.92 Å². The van der Waals surface area contributed by atoms with Gasteiger partial charge in [-0.15, -0.1) is 5.73 Å². The summed E-state index contributed by atoms with van der Waals surface area (Å²) in [6.07, 6.45) is 0. The molecule has 0 bridgehead atoms. The number of hydrogen-bond donors (Lipinski definition) is 1. The fraction of sp³-hybridized carbons (Fsp3) is 0.571. The summed E-state index contributed by atoms with van der Waals surface area (Å²) in [6, 6.07) is 0. The molecule has 0 aromatic carbocycles. The van der Waals surface area contributed by atoms with E-state index in [1.165, 1.54) is 0 Å². The summed E-state index contributed by atoms with van der Waals surface area (Å²) in [5, 5.41) is 0.